The molecule has 0 saturated heterocycles. The van der Waals surface area contributed by atoms with Crippen LogP contribution in [0.5, 0.6) is 0 Å². The van der Waals surface area contributed by atoms with Crippen molar-refractivity contribution >= 4 is 35.5 Å². The normalized spacial score (nSPS) is 11.7. The number of unbranched alkanes of at least 4 members (excludes halogenated alkanes) is 30. The number of rotatable bonds is 39. The van der Waals surface area contributed by atoms with Crippen LogP contribution in [0.15, 0.2) is 0 Å². The average Bonchev–Trinajstić information content (AvgIpc) is 3.08. The topological polar surface area (TPSA) is 74.6 Å². The predicted octanol–water partition coefficient (Wildman–Crippen LogP) is 14.9. The Labute approximate surface area is 309 Å². The van der Waals surface area contributed by atoms with Gasteiger partial charge in [-0.25, -0.2) is 0 Å². The van der Waals surface area contributed by atoms with Crippen LogP contribution in [0, 0.1) is 0 Å². The minimum atomic E-state index is -0.745. The maximum absolute atomic E-state index is 11.7. The molecule has 0 rings (SSSR count). The molecule has 0 radical (unpaired) electrons. The Morgan fingerprint density at radius 1 is 0.417 bits per heavy atom. The van der Waals surface area contributed by atoms with Gasteiger partial charge in [0.2, 0.25) is 0 Å². The van der Waals surface area contributed by atoms with Crippen LogP contribution in [-0.4, -0.2) is 44.7 Å². The molecule has 0 aromatic heterocycles. The third-order valence-corrected chi connectivity index (χ3v) is 12.0. The lowest BCUT2D eigenvalue weighted by Gasteiger charge is -2.12. The fourth-order valence-electron chi connectivity index (χ4n) is 6.01. The van der Waals surface area contributed by atoms with Crippen LogP contribution in [-0.2, 0) is 9.59 Å². The summed E-state index contributed by atoms with van der Waals surface area (Å²) in [6, 6.07) is 0. The van der Waals surface area contributed by atoms with E-state index in [1.54, 1.807) is 18.7 Å². The van der Waals surface area contributed by atoms with Gasteiger partial charge in [-0.15, -0.1) is 11.8 Å². The van der Waals surface area contributed by atoms with Gasteiger partial charge in [0.1, 0.15) is 5.25 Å². The molecule has 288 valence electrons. The van der Waals surface area contributed by atoms with Crippen LogP contribution in [0.1, 0.15) is 233 Å². The molecule has 48 heavy (non-hydrogen) atoms. The first-order chi connectivity index (χ1) is 23.5. The first-order valence-corrected chi connectivity index (χ1v) is 23.3. The highest BCUT2D eigenvalue weighted by molar-refractivity contribution is 8.03. The van der Waals surface area contributed by atoms with Gasteiger partial charge in [-0.05, 0) is 24.3 Å². The number of carbonyl (C=O) groups is 2. The molecule has 0 aliphatic rings. The van der Waals surface area contributed by atoms with Crippen molar-refractivity contribution in [1.82, 2.24) is 0 Å². The third-order valence-electron chi connectivity index (χ3n) is 9.31. The Hall–Kier alpha value is -0.360. The molecule has 0 bridgehead atoms. The van der Waals surface area contributed by atoms with Crippen molar-refractivity contribution in [3.63, 3.8) is 0 Å². The molecule has 1 atom stereocenters. The molecule has 0 aromatic rings. The number of carboxylic acids is 2. The predicted molar refractivity (Wildman–Crippen MR) is 218 cm³/mol. The van der Waals surface area contributed by atoms with Crippen molar-refractivity contribution in [2.24, 2.45) is 0 Å². The van der Waals surface area contributed by atoms with Crippen molar-refractivity contribution in [3.05, 3.63) is 0 Å². The zero-order valence-electron chi connectivity index (χ0n) is 32.6. The number of carboxylic acid groups (broad SMARTS) is 2. The van der Waals surface area contributed by atoms with Crippen LogP contribution in [0.2, 0.25) is 0 Å². The molecule has 0 aliphatic heterocycles. The van der Waals surface area contributed by atoms with E-state index in [4.69, 9.17) is 5.11 Å². The largest absolute Gasteiger partial charge is 0.481 e. The van der Waals surface area contributed by atoms with Crippen LogP contribution in [0.3, 0.4) is 0 Å². The highest BCUT2D eigenvalue weighted by atomic mass is 32.2. The van der Waals surface area contributed by atoms with Crippen molar-refractivity contribution in [3.8, 4) is 0 Å². The van der Waals surface area contributed by atoms with Gasteiger partial charge >= 0.3 is 11.9 Å². The summed E-state index contributed by atoms with van der Waals surface area (Å²) >= 11 is 3.55. The first-order valence-electron chi connectivity index (χ1n) is 21.1. The molecule has 2 N–H and O–H groups in total. The molecule has 1 unspecified atom stereocenters. The molecule has 0 heterocycles. The SMILES string of the molecule is CCC(=O)O.CCCCCCCCCCCCCCCCCCSCC(SCCCCCCCCCCCCCCCCCC)C(=O)O. The van der Waals surface area contributed by atoms with E-state index in [-0.39, 0.29) is 11.7 Å². The summed E-state index contributed by atoms with van der Waals surface area (Å²) in [5.74, 6) is 1.56. The van der Waals surface area contributed by atoms with Crippen LogP contribution >= 0.6 is 23.5 Å². The molecule has 0 aromatic carbocycles. The van der Waals surface area contributed by atoms with Crippen LogP contribution in [0.4, 0.5) is 0 Å². The highest BCUT2D eigenvalue weighted by Gasteiger charge is 2.17. The Bertz CT molecular complexity index is 631. The van der Waals surface area contributed by atoms with Crippen molar-refractivity contribution < 1.29 is 19.8 Å². The monoisotopic (exact) mass is 717 g/mol. The Kier molecular flexibility index (Phi) is 46.3. The number of aliphatic carboxylic acids is 2. The van der Waals surface area contributed by atoms with Gasteiger partial charge in [0.25, 0.3) is 0 Å². The number of thioether (sulfide) groups is 2. The summed E-state index contributed by atoms with van der Waals surface area (Å²) in [5.41, 5.74) is 0. The van der Waals surface area contributed by atoms with E-state index in [9.17, 15) is 14.7 Å². The molecular formula is C42H84O4S2. The van der Waals surface area contributed by atoms with E-state index >= 15 is 0 Å². The Morgan fingerprint density at radius 3 is 0.917 bits per heavy atom. The average molecular weight is 717 g/mol. The van der Waals surface area contributed by atoms with E-state index in [2.05, 4.69) is 13.8 Å². The van der Waals surface area contributed by atoms with Gasteiger partial charge in [-0.2, -0.15) is 11.8 Å². The van der Waals surface area contributed by atoms with Gasteiger partial charge in [-0.3, -0.25) is 9.59 Å². The summed E-state index contributed by atoms with van der Waals surface area (Å²) in [7, 11) is 0. The molecule has 0 spiro atoms. The highest BCUT2D eigenvalue weighted by Crippen LogP contribution is 2.21. The fourth-order valence-corrected chi connectivity index (χ4v) is 8.41. The summed E-state index contributed by atoms with van der Waals surface area (Å²) in [4.78, 5) is 21.0. The maximum atomic E-state index is 11.7. The lowest BCUT2D eigenvalue weighted by molar-refractivity contribution is -0.137. The van der Waals surface area contributed by atoms with Crippen LogP contribution < -0.4 is 0 Å². The molecule has 4 nitrogen and oxygen atoms in total. The van der Waals surface area contributed by atoms with Gasteiger partial charge in [0.15, 0.2) is 0 Å². The van der Waals surface area contributed by atoms with E-state index < -0.39 is 11.9 Å². The molecular weight excluding hydrogens is 633 g/mol. The molecule has 0 saturated carbocycles. The van der Waals surface area contributed by atoms with Crippen molar-refractivity contribution in [2.45, 2.75) is 238 Å². The lowest BCUT2D eigenvalue weighted by atomic mass is 10.0. The van der Waals surface area contributed by atoms with E-state index in [1.807, 2.05) is 11.8 Å². The number of hydrogen-bond donors (Lipinski definition) is 2. The van der Waals surface area contributed by atoms with E-state index in [1.165, 1.54) is 205 Å². The fraction of sp³-hybridized carbons (Fsp3) is 0.952. The molecule has 0 aliphatic carbocycles. The van der Waals surface area contributed by atoms with Gasteiger partial charge in [-0.1, -0.05) is 213 Å². The minimum Gasteiger partial charge on any atom is -0.481 e. The first kappa shape index (κ1) is 49.8. The second-order valence-electron chi connectivity index (χ2n) is 14.1. The summed E-state index contributed by atoms with van der Waals surface area (Å²) in [6.45, 7) is 6.18. The van der Waals surface area contributed by atoms with Gasteiger partial charge < -0.3 is 10.2 Å². The lowest BCUT2D eigenvalue weighted by Crippen LogP contribution is -2.20. The van der Waals surface area contributed by atoms with Gasteiger partial charge in [0, 0.05) is 12.2 Å². The Balaban J connectivity index is 0. The summed E-state index contributed by atoms with van der Waals surface area (Å²) < 4.78 is 0. The summed E-state index contributed by atoms with van der Waals surface area (Å²) in [5, 5.41) is 17.1. The molecule has 0 amide bonds. The van der Waals surface area contributed by atoms with Crippen molar-refractivity contribution in [2.75, 3.05) is 17.3 Å². The van der Waals surface area contributed by atoms with E-state index in [0.29, 0.717) is 0 Å². The zero-order chi connectivity index (χ0) is 35.6. The minimum absolute atomic E-state index is 0.220. The van der Waals surface area contributed by atoms with E-state index in [0.717, 1.165) is 17.3 Å². The third kappa shape index (κ3) is 45.6. The standard InChI is InChI=1S/C39H78O2S2.C3H6O2/c1-3-5-7-9-11-13-15-17-19-21-23-25-27-29-31-33-35-42-37-38(39(40)41)43-36-34-32-30-28-26-24-22-20-18-16-14-12-10-8-6-4-2;1-2-3(4)5/h38H,3-37H2,1-2H3,(H,40,41);2H2,1H3,(H,4,5). The second-order valence-corrected chi connectivity index (χ2v) is 16.6. The molecule has 0 fully saturated rings. The van der Waals surface area contributed by atoms with Crippen LogP contribution in [0.25, 0.3) is 0 Å². The quantitative estimate of drug-likeness (QED) is 0.0617. The summed E-state index contributed by atoms with van der Waals surface area (Å²) in [6.07, 6.45) is 44.9. The second kappa shape index (κ2) is 44.7. The van der Waals surface area contributed by atoms with Crippen molar-refractivity contribution in [1.29, 1.82) is 0 Å². The van der Waals surface area contributed by atoms with Gasteiger partial charge in [0.05, 0.1) is 0 Å². The smallest absolute Gasteiger partial charge is 0.317 e. The maximum Gasteiger partial charge on any atom is 0.317 e. The Morgan fingerprint density at radius 2 is 0.667 bits per heavy atom. The molecule has 6 heteroatoms. The number of hydrogen-bond acceptors (Lipinski definition) is 4. The zero-order valence-corrected chi connectivity index (χ0v) is 34.2.